The van der Waals surface area contributed by atoms with Crippen molar-refractivity contribution in [2.45, 2.75) is 25.8 Å². The average molecular weight is 280 g/mol. The van der Waals surface area contributed by atoms with Crippen molar-refractivity contribution in [2.75, 3.05) is 12.0 Å². The molecule has 1 aliphatic carbocycles. The number of ether oxygens (including phenoxy) is 1. The smallest absolute Gasteiger partial charge is 0.224 e. The van der Waals surface area contributed by atoms with E-state index in [0.717, 1.165) is 41.3 Å². The first-order valence-corrected chi connectivity index (χ1v) is 7.12. The Morgan fingerprint density at radius 2 is 1.95 bits per heavy atom. The van der Waals surface area contributed by atoms with E-state index >= 15 is 0 Å². The van der Waals surface area contributed by atoms with Crippen LogP contribution in [0.2, 0.25) is 0 Å². The molecule has 0 N–H and O–H groups in total. The van der Waals surface area contributed by atoms with Crippen molar-refractivity contribution in [3.63, 3.8) is 0 Å². The minimum atomic E-state index is 0.457. The Morgan fingerprint density at radius 3 is 2.71 bits per heavy atom. The molecule has 106 valence electrons. The molecule has 0 atom stereocenters. The molecule has 2 aliphatic rings. The Bertz CT molecular complexity index is 737. The highest BCUT2D eigenvalue weighted by molar-refractivity contribution is 6.03. The molecule has 1 aliphatic heterocycles. The molecule has 0 spiro atoms. The number of nitrogens with zero attached hydrogens (tertiary/aromatic N) is 4. The molecule has 0 unspecified atom stereocenters. The molecule has 3 heterocycles. The summed E-state index contributed by atoms with van der Waals surface area (Å²) in [6.45, 7) is 2.05. The molecule has 4 rings (SSSR count). The predicted molar refractivity (Wildman–Crippen MR) is 81.6 cm³/mol. The fourth-order valence-electron chi connectivity index (χ4n) is 2.70. The van der Waals surface area contributed by atoms with Crippen molar-refractivity contribution in [1.29, 1.82) is 0 Å². The van der Waals surface area contributed by atoms with E-state index in [1.165, 1.54) is 0 Å². The van der Waals surface area contributed by atoms with Crippen LogP contribution in [0.1, 0.15) is 24.0 Å². The number of methoxy groups -OCH3 is 1. The first-order valence-electron chi connectivity index (χ1n) is 7.12. The highest BCUT2D eigenvalue weighted by Crippen LogP contribution is 2.44. The zero-order valence-corrected chi connectivity index (χ0v) is 12.1. The summed E-state index contributed by atoms with van der Waals surface area (Å²) in [7, 11) is 1.65. The van der Waals surface area contributed by atoms with Gasteiger partial charge in [0.2, 0.25) is 5.90 Å². The van der Waals surface area contributed by atoms with Crippen molar-refractivity contribution in [1.82, 2.24) is 9.97 Å². The van der Waals surface area contributed by atoms with Crippen molar-refractivity contribution < 1.29 is 4.74 Å². The number of aromatic nitrogens is 2. The Kier molecular flexibility index (Phi) is 2.67. The van der Waals surface area contributed by atoms with Gasteiger partial charge in [-0.2, -0.15) is 0 Å². The van der Waals surface area contributed by atoms with Crippen LogP contribution in [-0.2, 0) is 4.74 Å². The van der Waals surface area contributed by atoms with Crippen LogP contribution in [0.25, 0.3) is 0 Å². The standard InChI is InChI=1S/C16H16N4O/c1-10-7-9-18-15-13(10)19-16(21-2)12-4-3-8-17-14(12)20(15)11-5-6-11/h3-4,7-9,11H,5-6H2,1-2H3. The lowest BCUT2D eigenvalue weighted by Gasteiger charge is -2.23. The maximum atomic E-state index is 5.51. The topological polar surface area (TPSA) is 50.6 Å². The van der Waals surface area contributed by atoms with Crippen LogP contribution in [0.15, 0.2) is 35.6 Å². The third-order valence-corrected chi connectivity index (χ3v) is 3.90. The fourth-order valence-corrected chi connectivity index (χ4v) is 2.70. The lowest BCUT2D eigenvalue weighted by Crippen LogP contribution is -2.23. The second-order valence-electron chi connectivity index (χ2n) is 5.40. The SMILES string of the molecule is COC1=Nc2c(C)ccnc2N(C2CC2)c2ncccc21. The minimum absolute atomic E-state index is 0.457. The third-order valence-electron chi connectivity index (χ3n) is 3.90. The number of aryl methyl sites for hydroxylation is 1. The summed E-state index contributed by atoms with van der Waals surface area (Å²) in [5.74, 6) is 2.36. The second-order valence-corrected chi connectivity index (χ2v) is 5.40. The van der Waals surface area contributed by atoms with Gasteiger partial charge in [0.1, 0.15) is 11.5 Å². The van der Waals surface area contributed by atoms with Gasteiger partial charge in [-0.3, -0.25) is 0 Å². The monoisotopic (exact) mass is 280 g/mol. The molecule has 0 saturated heterocycles. The largest absolute Gasteiger partial charge is 0.480 e. The van der Waals surface area contributed by atoms with Crippen LogP contribution >= 0.6 is 0 Å². The molecule has 0 amide bonds. The molecular formula is C16H16N4O. The highest BCUT2D eigenvalue weighted by Gasteiger charge is 2.37. The number of hydrogen-bond donors (Lipinski definition) is 0. The summed E-state index contributed by atoms with van der Waals surface area (Å²) in [5.41, 5.74) is 2.89. The number of pyridine rings is 2. The van der Waals surface area contributed by atoms with E-state index in [0.29, 0.717) is 11.9 Å². The Balaban J connectivity index is 2.04. The molecule has 1 fully saturated rings. The summed E-state index contributed by atoms with van der Waals surface area (Å²) in [6.07, 6.45) is 5.96. The van der Waals surface area contributed by atoms with Crippen molar-refractivity contribution in [2.24, 2.45) is 4.99 Å². The van der Waals surface area contributed by atoms with Crippen LogP contribution in [0.5, 0.6) is 0 Å². The average Bonchev–Trinajstić information content (AvgIpc) is 3.32. The molecule has 0 aromatic carbocycles. The molecule has 0 radical (unpaired) electrons. The van der Waals surface area contributed by atoms with Gasteiger partial charge in [-0.1, -0.05) is 0 Å². The van der Waals surface area contributed by atoms with Gasteiger partial charge in [-0.15, -0.1) is 0 Å². The number of hydrogen-bond acceptors (Lipinski definition) is 5. The molecule has 0 bridgehead atoms. The lowest BCUT2D eigenvalue weighted by molar-refractivity contribution is 0.405. The highest BCUT2D eigenvalue weighted by atomic mass is 16.5. The van der Waals surface area contributed by atoms with Gasteiger partial charge in [0.25, 0.3) is 0 Å². The maximum absolute atomic E-state index is 5.51. The van der Waals surface area contributed by atoms with E-state index in [-0.39, 0.29) is 0 Å². The summed E-state index contributed by atoms with van der Waals surface area (Å²) < 4.78 is 5.51. The van der Waals surface area contributed by atoms with Gasteiger partial charge < -0.3 is 9.64 Å². The Morgan fingerprint density at radius 1 is 1.14 bits per heavy atom. The van der Waals surface area contributed by atoms with Gasteiger partial charge in [-0.05, 0) is 43.5 Å². The maximum Gasteiger partial charge on any atom is 0.224 e. The number of anilines is 2. The molecule has 5 heteroatoms. The van der Waals surface area contributed by atoms with Crippen LogP contribution < -0.4 is 4.90 Å². The quantitative estimate of drug-likeness (QED) is 0.805. The van der Waals surface area contributed by atoms with Gasteiger partial charge in [-0.25, -0.2) is 15.0 Å². The van der Waals surface area contributed by atoms with Crippen LogP contribution in [-0.4, -0.2) is 29.0 Å². The molecular weight excluding hydrogens is 264 g/mol. The molecule has 2 aromatic heterocycles. The number of fused-ring (bicyclic) bond motifs is 2. The normalized spacial score (nSPS) is 16.7. The van der Waals surface area contributed by atoms with E-state index in [2.05, 4.69) is 14.9 Å². The van der Waals surface area contributed by atoms with Crippen LogP contribution in [0.4, 0.5) is 17.3 Å². The Hall–Kier alpha value is -2.43. The Labute approximate surface area is 123 Å². The molecule has 21 heavy (non-hydrogen) atoms. The zero-order chi connectivity index (χ0) is 14.4. The van der Waals surface area contributed by atoms with Gasteiger partial charge in [0.15, 0.2) is 5.82 Å². The lowest BCUT2D eigenvalue weighted by atomic mass is 10.2. The summed E-state index contributed by atoms with van der Waals surface area (Å²) in [4.78, 5) is 16.1. The summed E-state index contributed by atoms with van der Waals surface area (Å²) in [6, 6.07) is 6.35. The van der Waals surface area contributed by atoms with Crippen LogP contribution in [0.3, 0.4) is 0 Å². The molecule has 1 saturated carbocycles. The zero-order valence-electron chi connectivity index (χ0n) is 12.1. The molecule has 2 aromatic rings. The predicted octanol–water partition coefficient (Wildman–Crippen LogP) is 3.12. The van der Waals surface area contributed by atoms with Gasteiger partial charge in [0.05, 0.1) is 12.7 Å². The second kappa shape index (κ2) is 4.55. The van der Waals surface area contributed by atoms with E-state index < -0.39 is 0 Å². The van der Waals surface area contributed by atoms with E-state index in [4.69, 9.17) is 9.73 Å². The van der Waals surface area contributed by atoms with Gasteiger partial charge in [0, 0.05) is 18.4 Å². The number of rotatable bonds is 1. The summed E-state index contributed by atoms with van der Waals surface area (Å²) in [5, 5.41) is 0. The van der Waals surface area contributed by atoms with Crippen LogP contribution in [0, 0.1) is 6.92 Å². The van der Waals surface area contributed by atoms with E-state index in [9.17, 15) is 0 Å². The van der Waals surface area contributed by atoms with Crippen molar-refractivity contribution >= 4 is 23.2 Å². The summed E-state index contributed by atoms with van der Waals surface area (Å²) >= 11 is 0. The third kappa shape index (κ3) is 1.88. The fraction of sp³-hybridized carbons (Fsp3) is 0.312. The van der Waals surface area contributed by atoms with E-state index in [1.807, 2.05) is 37.5 Å². The number of aliphatic imine (C=N–C) groups is 1. The van der Waals surface area contributed by atoms with E-state index in [1.54, 1.807) is 7.11 Å². The minimum Gasteiger partial charge on any atom is -0.480 e. The van der Waals surface area contributed by atoms with Gasteiger partial charge >= 0.3 is 0 Å². The first-order chi connectivity index (χ1) is 10.3. The molecule has 5 nitrogen and oxygen atoms in total. The first kappa shape index (κ1) is 12.3. The van der Waals surface area contributed by atoms with Crippen molar-refractivity contribution in [3.05, 3.63) is 41.7 Å². The van der Waals surface area contributed by atoms with Crippen molar-refractivity contribution in [3.8, 4) is 0 Å².